The molecule has 5 heteroatoms. The van der Waals surface area contributed by atoms with E-state index in [1.54, 1.807) is 6.07 Å². The number of allylic oxidation sites excluding steroid dienone is 1. The second kappa shape index (κ2) is 5.69. The minimum Gasteiger partial charge on any atom is -0.504 e. The van der Waals surface area contributed by atoms with E-state index in [2.05, 4.69) is 5.32 Å². The predicted octanol–water partition coefficient (Wildman–Crippen LogP) is 0.859. The molecule has 0 aliphatic rings. The van der Waals surface area contributed by atoms with Gasteiger partial charge in [-0.05, 0) is 30.7 Å². The van der Waals surface area contributed by atoms with E-state index < -0.39 is 5.91 Å². The van der Waals surface area contributed by atoms with Gasteiger partial charge in [0.05, 0.1) is 0 Å². The first-order valence-corrected chi connectivity index (χ1v) is 4.96. The van der Waals surface area contributed by atoms with Crippen molar-refractivity contribution in [3.63, 3.8) is 0 Å². The van der Waals surface area contributed by atoms with Gasteiger partial charge < -0.3 is 15.5 Å². The van der Waals surface area contributed by atoms with Gasteiger partial charge in [-0.3, -0.25) is 9.59 Å². The van der Waals surface area contributed by atoms with E-state index in [-0.39, 0.29) is 23.8 Å². The van der Waals surface area contributed by atoms with E-state index in [1.165, 1.54) is 25.1 Å². The number of hydrogen-bond donors (Lipinski definition) is 3. The zero-order valence-electron chi connectivity index (χ0n) is 9.30. The molecular formula is C12H13NO4. The number of rotatable bonds is 4. The van der Waals surface area contributed by atoms with E-state index in [9.17, 15) is 14.7 Å². The van der Waals surface area contributed by atoms with Crippen molar-refractivity contribution in [2.45, 2.75) is 13.5 Å². The van der Waals surface area contributed by atoms with Gasteiger partial charge in [-0.1, -0.05) is 6.07 Å². The largest absolute Gasteiger partial charge is 0.504 e. The zero-order valence-corrected chi connectivity index (χ0v) is 9.30. The Morgan fingerprint density at radius 1 is 1.24 bits per heavy atom. The van der Waals surface area contributed by atoms with Crippen molar-refractivity contribution in [2.75, 3.05) is 0 Å². The number of aromatic hydroxyl groups is 2. The quantitative estimate of drug-likeness (QED) is 0.533. The van der Waals surface area contributed by atoms with Gasteiger partial charge in [0.15, 0.2) is 17.3 Å². The van der Waals surface area contributed by atoms with Gasteiger partial charge in [0.2, 0.25) is 5.91 Å². The van der Waals surface area contributed by atoms with Crippen LogP contribution in [0.5, 0.6) is 11.5 Å². The van der Waals surface area contributed by atoms with Gasteiger partial charge in [0.25, 0.3) is 0 Å². The molecule has 0 atom stereocenters. The summed E-state index contributed by atoms with van der Waals surface area (Å²) in [6, 6.07) is 4.26. The maximum absolute atomic E-state index is 11.2. The van der Waals surface area contributed by atoms with Gasteiger partial charge >= 0.3 is 0 Å². The van der Waals surface area contributed by atoms with Gasteiger partial charge in [-0.2, -0.15) is 0 Å². The van der Waals surface area contributed by atoms with Crippen molar-refractivity contribution in [1.82, 2.24) is 5.32 Å². The molecule has 0 spiro atoms. The zero-order chi connectivity index (χ0) is 12.8. The van der Waals surface area contributed by atoms with Crippen LogP contribution in [-0.4, -0.2) is 21.9 Å². The Hall–Kier alpha value is -2.30. The molecule has 0 saturated heterocycles. The molecule has 17 heavy (non-hydrogen) atoms. The molecular weight excluding hydrogens is 222 g/mol. The second-order valence-electron chi connectivity index (χ2n) is 3.48. The van der Waals surface area contributed by atoms with E-state index >= 15 is 0 Å². The summed E-state index contributed by atoms with van der Waals surface area (Å²) < 4.78 is 0. The van der Waals surface area contributed by atoms with Crippen LogP contribution < -0.4 is 5.32 Å². The molecule has 1 amide bonds. The lowest BCUT2D eigenvalue weighted by molar-refractivity contribution is -0.117. The third-order valence-electron chi connectivity index (χ3n) is 1.98. The molecule has 0 unspecified atom stereocenters. The molecule has 0 fully saturated rings. The van der Waals surface area contributed by atoms with Gasteiger partial charge in [-0.15, -0.1) is 0 Å². The fraction of sp³-hybridized carbons (Fsp3) is 0.167. The highest BCUT2D eigenvalue weighted by atomic mass is 16.3. The molecule has 1 aromatic rings. The molecule has 0 bridgehead atoms. The average Bonchev–Trinajstić information content (AvgIpc) is 2.28. The van der Waals surface area contributed by atoms with E-state index in [0.29, 0.717) is 5.56 Å². The molecule has 1 rings (SSSR count). The number of benzene rings is 1. The van der Waals surface area contributed by atoms with Crippen LogP contribution >= 0.6 is 0 Å². The standard InChI is InChI=1S/C12H13NO4/c1-8(14)2-5-12(17)13-7-9-3-4-10(15)11(16)6-9/h2-6,15-16H,7H2,1H3,(H,13,17)/b5-2+. The van der Waals surface area contributed by atoms with Crippen LogP contribution in [0.15, 0.2) is 30.4 Å². The lowest BCUT2D eigenvalue weighted by Gasteiger charge is -2.04. The van der Waals surface area contributed by atoms with Crippen LogP contribution in [-0.2, 0) is 16.1 Å². The summed E-state index contributed by atoms with van der Waals surface area (Å²) in [6.07, 6.45) is 2.31. The van der Waals surface area contributed by atoms with Gasteiger partial charge in [0, 0.05) is 12.6 Å². The topological polar surface area (TPSA) is 86.6 Å². The first-order valence-electron chi connectivity index (χ1n) is 4.96. The number of nitrogens with one attached hydrogen (secondary N) is 1. The van der Waals surface area contributed by atoms with Crippen molar-refractivity contribution >= 4 is 11.7 Å². The number of carbonyl (C=O) groups is 2. The van der Waals surface area contributed by atoms with Crippen molar-refractivity contribution in [3.05, 3.63) is 35.9 Å². The molecule has 0 aromatic heterocycles. The third-order valence-corrected chi connectivity index (χ3v) is 1.98. The van der Waals surface area contributed by atoms with E-state index in [0.717, 1.165) is 6.08 Å². The monoisotopic (exact) mass is 235 g/mol. The number of carbonyl (C=O) groups excluding carboxylic acids is 2. The molecule has 5 nitrogen and oxygen atoms in total. The Kier molecular flexibility index (Phi) is 4.28. The van der Waals surface area contributed by atoms with Crippen LogP contribution in [0.25, 0.3) is 0 Å². The van der Waals surface area contributed by atoms with E-state index in [4.69, 9.17) is 5.11 Å². The number of phenolic OH excluding ortho intramolecular Hbond substituents is 2. The maximum Gasteiger partial charge on any atom is 0.244 e. The smallest absolute Gasteiger partial charge is 0.244 e. The number of hydrogen-bond acceptors (Lipinski definition) is 4. The highest BCUT2D eigenvalue weighted by Gasteiger charge is 2.01. The second-order valence-corrected chi connectivity index (χ2v) is 3.48. The Bertz CT molecular complexity index is 466. The molecule has 90 valence electrons. The SMILES string of the molecule is CC(=O)/C=C/C(=O)NCc1ccc(O)c(O)c1. The Morgan fingerprint density at radius 2 is 1.94 bits per heavy atom. The van der Waals surface area contributed by atoms with Crippen LogP contribution in [0, 0.1) is 0 Å². The maximum atomic E-state index is 11.2. The highest BCUT2D eigenvalue weighted by Crippen LogP contribution is 2.24. The number of amides is 1. The lowest BCUT2D eigenvalue weighted by atomic mass is 10.2. The molecule has 0 radical (unpaired) electrons. The molecule has 0 heterocycles. The Balaban J connectivity index is 2.53. The summed E-state index contributed by atoms with van der Waals surface area (Å²) >= 11 is 0. The van der Waals surface area contributed by atoms with Crippen molar-refractivity contribution in [1.29, 1.82) is 0 Å². The minimum atomic E-state index is -0.396. The summed E-state index contributed by atoms with van der Waals surface area (Å²) in [5.74, 6) is -1.05. The number of ketones is 1. The number of phenols is 2. The van der Waals surface area contributed by atoms with Gasteiger partial charge in [-0.25, -0.2) is 0 Å². The fourth-order valence-electron chi connectivity index (χ4n) is 1.12. The minimum absolute atomic E-state index is 0.203. The first kappa shape index (κ1) is 12.8. The van der Waals surface area contributed by atoms with Crippen molar-refractivity contribution in [2.24, 2.45) is 0 Å². The Morgan fingerprint density at radius 3 is 2.53 bits per heavy atom. The van der Waals surface area contributed by atoms with Crippen molar-refractivity contribution in [3.8, 4) is 11.5 Å². The molecule has 1 aromatic carbocycles. The molecule has 0 aliphatic heterocycles. The summed E-state index contributed by atoms with van der Waals surface area (Å²) in [4.78, 5) is 21.8. The summed E-state index contributed by atoms with van der Waals surface area (Å²) in [5.41, 5.74) is 0.643. The van der Waals surface area contributed by atoms with E-state index in [1.807, 2.05) is 0 Å². The molecule has 0 aliphatic carbocycles. The molecule has 0 saturated carbocycles. The van der Waals surface area contributed by atoms with Crippen molar-refractivity contribution < 1.29 is 19.8 Å². The first-order chi connectivity index (χ1) is 7.99. The van der Waals surface area contributed by atoms with Gasteiger partial charge in [0.1, 0.15) is 0 Å². The summed E-state index contributed by atoms with van der Waals surface area (Å²) in [5, 5.41) is 20.8. The summed E-state index contributed by atoms with van der Waals surface area (Å²) in [6.45, 7) is 1.55. The van der Waals surface area contributed by atoms with Crippen LogP contribution in [0.2, 0.25) is 0 Å². The summed E-state index contributed by atoms with van der Waals surface area (Å²) in [7, 11) is 0. The molecule has 3 N–H and O–H groups in total. The average molecular weight is 235 g/mol. The fourth-order valence-corrected chi connectivity index (χ4v) is 1.12. The lowest BCUT2D eigenvalue weighted by Crippen LogP contribution is -2.20. The van der Waals surface area contributed by atoms with Crippen LogP contribution in [0.4, 0.5) is 0 Å². The van der Waals surface area contributed by atoms with Crippen LogP contribution in [0.1, 0.15) is 12.5 Å². The highest BCUT2D eigenvalue weighted by molar-refractivity contribution is 5.96. The van der Waals surface area contributed by atoms with Crippen LogP contribution in [0.3, 0.4) is 0 Å². The normalized spacial score (nSPS) is 10.4. The Labute approximate surface area is 98.4 Å². The third kappa shape index (κ3) is 4.38. The predicted molar refractivity (Wildman–Crippen MR) is 61.4 cm³/mol.